The van der Waals surface area contributed by atoms with E-state index in [1.807, 2.05) is 30.5 Å². The first kappa shape index (κ1) is 15.7. The molecule has 0 saturated heterocycles. The molecule has 0 bridgehead atoms. The highest BCUT2D eigenvalue weighted by Crippen LogP contribution is 2.31. The van der Waals surface area contributed by atoms with Crippen molar-refractivity contribution in [2.45, 2.75) is 18.4 Å². The van der Waals surface area contributed by atoms with Crippen molar-refractivity contribution in [2.24, 2.45) is 0 Å². The molecule has 0 amide bonds. The van der Waals surface area contributed by atoms with E-state index in [2.05, 4.69) is 16.5 Å². The van der Waals surface area contributed by atoms with Gasteiger partial charge >= 0.3 is 0 Å². The number of imidazole rings is 1. The second-order valence-electron chi connectivity index (χ2n) is 5.71. The Bertz CT molecular complexity index is 1140. The third kappa shape index (κ3) is 2.46. The smallest absolute Gasteiger partial charge is 0.269 e. The van der Waals surface area contributed by atoms with Gasteiger partial charge in [0.1, 0.15) is 0 Å². The number of aromatic nitrogens is 3. The molecule has 0 N–H and O–H groups in total. The summed E-state index contributed by atoms with van der Waals surface area (Å²) in [5.74, 6) is 0.423. The number of hydrogen-bond donors (Lipinski definition) is 0. The molecule has 4 rings (SSSR count). The second-order valence-corrected chi connectivity index (χ2v) is 7.53. The molecule has 0 saturated carbocycles. The van der Waals surface area contributed by atoms with E-state index in [-0.39, 0.29) is 4.90 Å². The van der Waals surface area contributed by atoms with Gasteiger partial charge in [-0.25, -0.2) is 17.4 Å². The minimum Gasteiger partial charge on any atom is -0.347 e. The monoisotopic (exact) mass is 351 g/mol. The van der Waals surface area contributed by atoms with Gasteiger partial charge in [0.05, 0.1) is 4.90 Å². The number of para-hydroxylation sites is 1. The molecule has 25 heavy (non-hydrogen) atoms. The van der Waals surface area contributed by atoms with E-state index >= 15 is 0 Å². The Kier molecular flexibility index (Phi) is 3.69. The largest absolute Gasteiger partial charge is 0.347 e. The van der Waals surface area contributed by atoms with Crippen molar-refractivity contribution >= 4 is 20.9 Å². The van der Waals surface area contributed by atoms with Crippen molar-refractivity contribution in [3.8, 4) is 11.4 Å². The number of hydrogen-bond acceptors (Lipinski definition) is 3. The highest BCUT2D eigenvalue weighted by Gasteiger charge is 2.22. The summed E-state index contributed by atoms with van der Waals surface area (Å²) in [4.78, 5) is 4.59. The van der Waals surface area contributed by atoms with E-state index in [1.54, 1.807) is 30.3 Å². The van der Waals surface area contributed by atoms with Gasteiger partial charge in [0, 0.05) is 41.6 Å². The molecule has 0 aliphatic rings. The Hall–Kier alpha value is -2.86. The highest BCUT2D eigenvalue weighted by atomic mass is 32.2. The van der Waals surface area contributed by atoms with E-state index in [0.29, 0.717) is 5.82 Å². The van der Waals surface area contributed by atoms with Crippen molar-refractivity contribution in [2.75, 3.05) is 0 Å². The molecule has 0 unspecified atom stereocenters. The third-order valence-corrected chi connectivity index (χ3v) is 5.96. The van der Waals surface area contributed by atoms with Gasteiger partial charge in [-0.15, -0.1) is 0 Å². The molecular weight excluding hydrogens is 334 g/mol. The first-order valence-electron chi connectivity index (χ1n) is 8.05. The van der Waals surface area contributed by atoms with E-state index in [1.165, 1.54) is 16.4 Å². The number of nitrogens with zero attached hydrogens (tertiary/aromatic N) is 3. The van der Waals surface area contributed by atoms with Crippen molar-refractivity contribution in [1.82, 2.24) is 13.5 Å². The number of rotatable bonds is 4. The summed E-state index contributed by atoms with van der Waals surface area (Å²) < 4.78 is 29.4. The first-order chi connectivity index (χ1) is 12.1. The van der Waals surface area contributed by atoms with Crippen LogP contribution in [0.3, 0.4) is 0 Å². The van der Waals surface area contributed by atoms with Crippen molar-refractivity contribution < 1.29 is 8.42 Å². The zero-order valence-corrected chi connectivity index (χ0v) is 14.5. The molecule has 0 fully saturated rings. The zero-order valence-electron chi connectivity index (χ0n) is 13.7. The van der Waals surface area contributed by atoms with Gasteiger partial charge in [-0.1, -0.05) is 36.4 Å². The van der Waals surface area contributed by atoms with Crippen LogP contribution in [0.15, 0.2) is 78.1 Å². The Morgan fingerprint density at radius 1 is 1.00 bits per heavy atom. The lowest BCUT2D eigenvalue weighted by atomic mass is 10.2. The van der Waals surface area contributed by atoms with Crippen LogP contribution in [0.1, 0.15) is 6.92 Å². The third-order valence-electron chi connectivity index (χ3n) is 4.28. The molecule has 4 aromatic rings. The lowest BCUT2D eigenvalue weighted by molar-refractivity contribution is 0.588. The van der Waals surface area contributed by atoms with Gasteiger partial charge < -0.3 is 4.57 Å². The Labute approximate surface area is 146 Å². The van der Waals surface area contributed by atoms with Crippen LogP contribution in [-0.2, 0) is 16.6 Å². The Balaban J connectivity index is 1.95. The fraction of sp³-hybridized carbons (Fsp3) is 0.105. The normalized spacial score (nSPS) is 11.9. The number of fused-ring (bicyclic) bond motifs is 1. The van der Waals surface area contributed by atoms with Gasteiger partial charge in [-0.3, -0.25) is 0 Å². The minimum atomic E-state index is -3.70. The summed E-state index contributed by atoms with van der Waals surface area (Å²) in [5.41, 5.74) is 1.87. The zero-order chi connectivity index (χ0) is 17.4. The highest BCUT2D eigenvalue weighted by molar-refractivity contribution is 7.90. The van der Waals surface area contributed by atoms with E-state index in [9.17, 15) is 8.42 Å². The van der Waals surface area contributed by atoms with Crippen LogP contribution in [0.4, 0.5) is 0 Å². The molecule has 2 heterocycles. The summed E-state index contributed by atoms with van der Waals surface area (Å²) in [7, 11) is -3.70. The lowest BCUT2D eigenvalue weighted by Gasteiger charge is -2.08. The molecule has 0 aliphatic carbocycles. The fourth-order valence-electron chi connectivity index (χ4n) is 3.07. The molecule has 126 valence electrons. The first-order valence-corrected chi connectivity index (χ1v) is 9.49. The summed E-state index contributed by atoms with van der Waals surface area (Å²) >= 11 is 0. The molecule has 0 spiro atoms. The summed E-state index contributed by atoms with van der Waals surface area (Å²) in [6.45, 7) is 2.86. The molecule has 2 aromatic heterocycles. The Morgan fingerprint density at radius 3 is 2.48 bits per heavy atom. The minimum absolute atomic E-state index is 0.244. The van der Waals surface area contributed by atoms with Crippen LogP contribution >= 0.6 is 0 Å². The van der Waals surface area contributed by atoms with Crippen LogP contribution in [0.2, 0.25) is 0 Å². The summed E-state index contributed by atoms with van der Waals surface area (Å²) in [5, 5.41) is 0.986. The fourth-order valence-corrected chi connectivity index (χ4v) is 4.38. The maximum Gasteiger partial charge on any atom is 0.269 e. The Morgan fingerprint density at radius 2 is 1.72 bits per heavy atom. The maximum atomic E-state index is 13.0. The van der Waals surface area contributed by atoms with Crippen LogP contribution in [-0.4, -0.2) is 21.9 Å². The topological polar surface area (TPSA) is 56.9 Å². The van der Waals surface area contributed by atoms with Crippen molar-refractivity contribution in [3.63, 3.8) is 0 Å². The van der Waals surface area contributed by atoms with Crippen LogP contribution in [0.5, 0.6) is 0 Å². The predicted octanol–water partition coefficient (Wildman–Crippen LogP) is 3.76. The molecule has 0 radical (unpaired) electrons. The van der Waals surface area contributed by atoms with Crippen molar-refractivity contribution in [3.05, 3.63) is 73.2 Å². The van der Waals surface area contributed by atoms with Crippen LogP contribution in [0, 0.1) is 0 Å². The maximum absolute atomic E-state index is 13.0. The summed E-state index contributed by atoms with van der Waals surface area (Å²) in [6, 6.07) is 16.4. The number of benzene rings is 2. The van der Waals surface area contributed by atoms with Gasteiger partial charge in [0.25, 0.3) is 10.0 Å². The molecule has 2 aromatic carbocycles. The van der Waals surface area contributed by atoms with Crippen LogP contribution < -0.4 is 0 Å². The second kappa shape index (κ2) is 5.89. The number of aryl methyl sites for hydroxylation is 1. The van der Waals surface area contributed by atoms with Gasteiger partial charge in [-0.05, 0) is 25.1 Å². The van der Waals surface area contributed by atoms with Crippen LogP contribution in [0.25, 0.3) is 22.3 Å². The molecular formula is C19H17N3O2S. The average Bonchev–Trinajstić information content (AvgIpc) is 3.27. The SMILES string of the molecule is CCn1cc(-c2nccn2S(=O)(=O)c2ccccc2)c2ccccc21. The molecule has 5 nitrogen and oxygen atoms in total. The summed E-state index contributed by atoms with van der Waals surface area (Å²) in [6.07, 6.45) is 4.98. The molecule has 6 heteroatoms. The van der Waals surface area contributed by atoms with E-state index < -0.39 is 10.0 Å². The quantitative estimate of drug-likeness (QED) is 0.562. The average molecular weight is 351 g/mol. The van der Waals surface area contributed by atoms with E-state index in [4.69, 9.17) is 0 Å². The standard InChI is InChI=1S/C19H17N3O2S/c1-2-21-14-17(16-10-6-7-11-18(16)21)19-20-12-13-22(19)25(23,24)15-8-4-3-5-9-15/h3-14H,2H2,1H3. The van der Waals surface area contributed by atoms with Gasteiger partial charge in [0.2, 0.25) is 0 Å². The van der Waals surface area contributed by atoms with Crippen molar-refractivity contribution in [1.29, 1.82) is 0 Å². The lowest BCUT2D eigenvalue weighted by Crippen LogP contribution is -2.13. The predicted molar refractivity (Wildman–Crippen MR) is 97.9 cm³/mol. The van der Waals surface area contributed by atoms with E-state index in [0.717, 1.165) is 23.0 Å². The van der Waals surface area contributed by atoms with Gasteiger partial charge in [0.15, 0.2) is 5.82 Å². The molecule has 0 atom stereocenters. The molecule has 0 aliphatic heterocycles. The van der Waals surface area contributed by atoms with Gasteiger partial charge in [-0.2, -0.15) is 0 Å².